The molecule has 0 fully saturated rings. The van der Waals surface area contributed by atoms with E-state index in [0.717, 1.165) is 10.8 Å². The minimum atomic E-state index is 0.443. The van der Waals surface area contributed by atoms with Gasteiger partial charge in [-0.05, 0) is 18.2 Å². The van der Waals surface area contributed by atoms with Gasteiger partial charge in [0.05, 0.1) is 25.0 Å². The summed E-state index contributed by atoms with van der Waals surface area (Å²) < 4.78 is 10.2. The van der Waals surface area contributed by atoms with Crippen molar-refractivity contribution >= 4 is 16.5 Å². The van der Waals surface area contributed by atoms with Gasteiger partial charge in [-0.1, -0.05) is 0 Å². The Kier molecular flexibility index (Phi) is 2.29. The molecule has 0 amide bonds. The summed E-state index contributed by atoms with van der Waals surface area (Å²) in [6.07, 6.45) is 0. The van der Waals surface area contributed by atoms with E-state index in [1.807, 2.05) is 6.07 Å². The maximum Gasteiger partial charge on any atom is 0.241 e. The monoisotopic (exact) mass is 205 g/mol. The third-order valence-corrected chi connectivity index (χ3v) is 2.12. The molecule has 0 atom stereocenters. The van der Waals surface area contributed by atoms with Gasteiger partial charge >= 0.3 is 0 Å². The molecule has 15 heavy (non-hydrogen) atoms. The summed E-state index contributed by atoms with van der Waals surface area (Å²) in [5, 5.41) is 9.40. The Bertz CT molecular complexity index is 499. The Hall–Kier alpha value is -2.04. The topological polar surface area (TPSA) is 70.3 Å². The van der Waals surface area contributed by atoms with E-state index < -0.39 is 0 Å². The number of nitrogen functional groups attached to an aromatic ring is 1. The zero-order valence-electron chi connectivity index (χ0n) is 8.52. The van der Waals surface area contributed by atoms with E-state index in [1.54, 1.807) is 26.4 Å². The minimum Gasteiger partial charge on any atom is -0.479 e. The van der Waals surface area contributed by atoms with Crippen LogP contribution < -0.4 is 15.2 Å². The fourth-order valence-corrected chi connectivity index (χ4v) is 1.43. The van der Waals surface area contributed by atoms with Crippen molar-refractivity contribution < 1.29 is 9.47 Å². The van der Waals surface area contributed by atoms with Gasteiger partial charge in [-0.3, -0.25) is 0 Å². The molecule has 2 aromatic rings. The lowest BCUT2D eigenvalue weighted by Gasteiger charge is -2.07. The first-order valence-electron chi connectivity index (χ1n) is 4.40. The van der Waals surface area contributed by atoms with Crippen LogP contribution in [0.3, 0.4) is 0 Å². The normalized spacial score (nSPS) is 10.3. The summed E-state index contributed by atoms with van der Waals surface area (Å²) >= 11 is 0. The number of anilines is 1. The average molecular weight is 205 g/mol. The first-order valence-corrected chi connectivity index (χ1v) is 4.40. The molecule has 0 radical (unpaired) electrons. The molecular formula is C10H11N3O2. The molecule has 0 aliphatic rings. The van der Waals surface area contributed by atoms with Crippen LogP contribution in [0.15, 0.2) is 18.2 Å². The maximum atomic E-state index is 5.69. The van der Waals surface area contributed by atoms with Gasteiger partial charge in [0.1, 0.15) is 0 Å². The molecule has 0 unspecified atom stereocenters. The average Bonchev–Trinajstić information content (AvgIpc) is 2.27. The molecule has 5 nitrogen and oxygen atoms in total. The van der Waals surface area contributed by atoms with Crippen LogP contribution in [-0.2, 0) is 0 Å². The predicted octanol–water partition coefficient (Wildman–Crippen LogP) is 1.23. The minimum absolute atomic E-state index is 0.443. The molecule has 0 saturated heterocycles. The highest BCUT2D eigenvalue weighted by Crippen LogP contribution is 2.29. The smallest absolute Gasteiger partial charge is 0.241 e. The molecule has 0 aliphatic heterocycles. The van der Waals surface area contributed by atoms with E-state index in [9.17, 15) is 0 Å². The lowest BCUT2D eigenvalue weighted by molar-refractivity contribution is 0.376. The summed E-state index contributed by atoms with van der Waals surface area (Å²) in [7, 11) is 3.09. The van der Waals surface area contributed by atoms with E-state index in [1.165, 1.54) is 0 Å². The number of fused-ring (bicyclic) bond motifs is 1. The number of hydrogen-bond acceptors (Lipinski definition) is 5. The van der Waals surface area contributed by atoms with Gasteiger partial charge in [0.25, 0.3) is 0 Å². The molecule has 0 aliphatic carbocycles. The second-order valence-corrected chi connectivity index (χ2v) is 3.02. The van der Waals surface area contributed by atoms with E-state index in [2.05, 4.69) is 10.2 Å². The van der Waals surface area contributed by atoms with Crippen molar-refractivity contribution in [3.05, 3.63) is 18.2 Å². The quantitative estimate of drug-likeness (QED) is 0.746. The predicted molar refractivity (Wildman–Crippen MR) is 57.1 cm³/mol. The molecule has 1 aromatic carbocycles. The van der Waals surface area contributed by atoms with Crippen molar-refractivity contribution in [1.82, 2.24) is 10.2 Å². The number of nitrogens with zero attached hydrogens (tertiary/aromatic N) is 2. The number of aromatic nitrogens is 2. The lowest BCUT2D eigenvalue weighted by Crippen LogP contribution is -1.97. The molecule has 0 saturated carbocycles. The molecule has 2 N–H and O–H groups in total. The highest BCUT2D eigenvalue weighted by molar-refractivity contribution is 5.92. The number of methoxy groups -OCH3 is 2. The Balaban J connectivity index is 2.80. The number of ether oxygens (including phenoxy) is 2. The number of benzene rings is 1. The number of hydrogen-bond donors (Lipinski definition) is 1. The third kappa shape index (κ3) is 1.52. The fraction of sp³-hybridized carbons (Fsp3) is 0.200. The van der Waals surface area contributed by atoms with Gasteiger partial charge < -0.3 is 15.2 Å². The molecule has 1 aromatic heterocycles. The zero-order valence-corrected chi connectivity index (χ0v) is 8.52. The highest BCUT2D eigenvalue weighted by atomic mass is 16.5. The standard InChI is InChI=1S/C10H11N3O2/c1-14-9-7-4-3-6(11)5-8(7)10(15-2)13-12-9/h3-5H,11H2,1-2H3. The van der Waals surface area contributed by atoms with Crippen LogP contribution in [0.1, 0.15) is 0 Å². The van der Waals surface area contributed by atoms with Gasteiger partial charge in [-0.15, -0.1) is 10.2 Å². The van der Waals surface area contributed by atoms with Crippen LogP contribution >= 0.6 is 0 Å². The third-order valence-electron chi connectivity index (χ3n) is 2.12. The maximum absolute atomic E-state index is 5.69. The van der Waals surface area contributed by atoms with Gasteiger partial charge in [0.15, 0.2) is 0 Å². The first-order chi connectivity index (χ1) is 7.26. The van der Waals surface area contributed by atoms with Gasteiger partial charge in [-0.25, -0.2) is 0 Å². The van der Waals surface area contributed by atoms with E-state index in [-0.39, 0.29) is 0 Å². The molecule has 1 heterocycles. The van der Waals surface area contributed by atoms with Crippen LogP contribution in [-0.4, -0.2) is 24.4 Å². The summed E-state index contributed by atoms with van der Waals surface area (Å²) in [4.78, 5) is 0. The zero-order chi connectivity index (χ0) is 10.8. The van der Waals surface area contributed by atoms with Crippen LogP contribution in [0.4, 0.5) is 5.69 Å². The van der Waals surface area contributed by atoms with Crippen molar-refractivity contribution in [3.63, 3.8) is 0 Å². The summed E-state index contributed by atoms with van der Waals surface area (Å²) in [5.41, 5.74) is 6.34. The van der Waals surface area contributed by atoms with Gasteiger partial charge in [0.2, 0.25) is 11.8 Å². The van der Waals surface area contributed by atoms with E-state index in [0.29, 0.717) is 17.4 Å². The van der Waals surface area contributed by atoms with E-state index >= 15 is 0 Å². The Labute approximate surface area is 86.8 Å². The molecule has 0 spiro atoms. The van der Waals surface area contributed by atoms with Crippen molar-refractivity contribution in [2.45, 2.75) is 0 Å². The van der Waals surface area contributed by atoms with Gasteiger partial charge in [0, 0.05) is 5.69 Å². The molecule has 0 bridgehead atoms. The second-order valence-electron chi connectivity index (χ2n) is 3.02. The number of nitrogens with two attached hydrogens (primary N) is 1. The van der Waals surface area contributed by atoms with Crippen LogP contribution in [0, 0.1) is 0 Å². The number of rotatable bonds is 2. The van der Waals surface area contributed by atoms with Crippen molar-refractivity contribution in [1.29, 1.82) is 0 Å². The van der Waals surface area contributed by atoms with Gasteiger partial charge in [-0.2, -0.15) is 0 Å². The van der Waals surface area contributed by atoms with Crippen molar-refractivity contribution in [3.8, 4) is 11.8 Å². The summed E-state index contributed by atoms with van der Waals surface area (Å²) in [6.45, 7) is 0. The molecule has 5 heteroatoms. The molecule has 78 valence electrons. The Morgan fingerprint density at radius 3 is 2.20 bits per heavy atom. The second kappa shape index (κ2) is 3.61. The first kappa shape index (κ1) is 9.51. The summed E-state index contributed by atoms with van der Waals surface area (Å²) in [6, 6.07) is 5.40. The Morgan fingerprint density at radius 2 is 1.60 bits per heavy atom. The van der Waals surface area contributed by atoms with Crippen molar-refractivity contribution in [2.24, 2.45) is 0 Å². The van der Waals surface area contributed by atoms with Crippen LogP contribution in [0.2, 0.25) is 0 Å². The fourth-order valence-electron chi connectivity index (χ4n) is 1.43. The largest absolute Gasteiger partial charge is 0.479 e. The SMILES string of the molecule is COc1nnc(OC)c2cc(N)ccc12. The highest BCUT2D eigenvalue weighted by Gasteiger charge is 2.09. The summed E-state index contributed by atoms with van der Waals surface area (Å²) in [5.74, 6) is 0.906. The van der Waals surface area contributed by atoms with Crippen LogP contribution in [0.5, 0.6) is 11.8 Å². The van der Waals surface area contributed by atoms with Crippen LogP contribution in [0.25, 0.3) is 10.8 Å². The van der Waals surface area contributed by atoms with E-state index in [4.69, 9.17) is 15.2 Å². The molecular weight excluding hydrogens is 194 g/mol. The lowest BCUT2D eigenvalue weighted by atomic mass is 10.1. The molecule has 2 rings (SSSR count). The Morgan fingerprint density at radius 1 is 1.00 bits per heavy atom. The van der Waals surface area contributed by atoms with Crippen molar-refractivity contribution in [2.75, 3.05) is 20.0 Å².